The van der Waals surface area contributed by atoms with Crippen LogP contribution in [0.5, 0.6) is 0 Å². The number of anilines is 1. The molecule has 0 bridgehead atoms. The van der Waals surface area contributed by atoms with Crippen LogP contribution in [0.4, 0.5) is 5.82 Å². The third-order valence-corrected chi connectivity index (χ3v) is 5.41. The van der Waals surface area contributed by atoms with E-state index in [2.05, 4.69) is 27.1 Å². The van der Waals surface area contributed by atoms with Crippen LogP contribution in [-0.2, 0) is 0 Å². The van der Waals surface area contributed by atoms with E-state index in [0.29, 0.717) is 5.96 Å². The number of aliphatic imine (C=N–C) groups is 1. The van der Waals surface area contributed by atoms with Gasteiger partial charge in [0, 0.05) is 11.7 Å². The normalized spacial score (nSPS) is 23.1. The summed E-state index contributed by atoms with van der Waals surface area (Å²) in [5.41, 5.74) is 6.28. The molecule has 0 aliphatic carbocycles. The van der Waals surface area contributed by atoms with Gasteiger partial charge in [0.1, 0.15) is 5.82 Å². The van der Waals surface area contributed by atoms with E-state index in [1.807, 2.05) is 18.2 Å². The highest BCUT2D eigenvalue weighted by molar-refractivity contribution is 5.91. The van der Waals surface area contributed by atoms with Crippen molar-refractivity contribution in [3.05, 3.63) is 24.4 Å². The summed E-state index contributed by atoms with van der Waals surface area (Å²) in [5, 5.41) is 3.10. The van der Waals surface area contributed by atoms with Gasteiger partial charge in [0.25, 0.3) is 0 Å². The topological polar surface area (TPSA) is 69.8 Å². The van der Waals surface area contributed by atoms with Crippen LogP contribution in [0, 0.1) is 0 Å². The van der Waals surface area contributed by atoms with Crippen molar-refractivity contribution in [1.29, 1.82) is 0 Å². The maximum Gasteiger partial charge on any atom is 0.194 e. The smallest absolute Gasteiger partial charge is 0.194 e. The molecule has 0 radical (unpaired) electrons. The second kappa shape index (κ2) is 7.94. The molecule has 0 saturated carbocycles. The Morgan fingerprint density at radius 3 is 2.62 bits per heavy atom. The lowest BCUT2D eigenvalue weighted by atomic mass is 9.84. The molecule has 0 unspecified atom stereocenters. The molecule has 24 heavy (non-hydrogen) atoms. The number of aromatic nitrogens is 1. The fraction of sp³-hybridized carbons (Fsp3) is 0.667. The average molecular weight is 330 g/mol. The zero-order valence-corrected chi connectivity index (χ0v) is 14.7. The third kappa shape index (κ3) is 4.24. The van der Waals surface area contributed by atoms with E-state index >= 15 is 0 Å². The quantitative estimate of drug-likeness (QED) is 0.650. The first-order chi connectivity index (χ1) is 11.7. The molecule has 2 aliphatic rings. The van der Waals surface area contributed by atoms with Crippen LogP contribution < -0.4 is 11.1 Å². The summed E-state index contributed by atoms with van der Waals surface area (Å²) in [4.78, 5) is 14.0. The second-order valence-corrected chi connectivity index (χ2v) is 7.12. The lowest BCUT2D eigenvalue weighted by molar-refractivity contribution is 0.0209. The van der Waals surface area contributed by atoms with E-state index < -0.39 is 0 Å². The molecule has 0 spiro atoms. The minimum Gasteiger partial charge on any atom is -0.370 e. The van der Waals surface area contributed by atoms with Crippen molar-refractivity contribution in [1.82, 2.24) is 14.8 Å². The number of rotatable bonds is 4. The van der Waals surface area contributed by atoms with Crippen molar-refractivity contribution in [3.63, 3.8) is 0 Å². The fourth-order valence-electron chi connectivity index (χ4n) is 3.82. The second-order valence-electron chi connectivity index (χ2n) is 7.12. The van der Waals surface area contributed by atoms with Crippen molar-refractivity contribution < 1.29 is 0 Å². The summed E-state index contributed by atoms with van der Waals surface area (Å²) in [7, 11) is 2.21. The van der Waals surface area contributed by atoms with Crippen molar-refractivity contribution >= 4 is 11.8 Å². The van der Waals surface area contributed by atoms with Crippen LogP contribution >= 0.6 is 0 Å². The first kappa shape index (κ1) is 17.2. The van der Waals surface area contributed by atoms with Crippen molar-refractivity contribution in [3.8, 4) is 0 Å². The van der Waals surface area contributed by atoms with Gasteiger partial charge in [-0.3, -0.25) is 9.89 Å². The number of nitrogens with two attached hydrogens (primary N) is 1. The number of piperidine rings is 2. The molecule has 1 aromatic rings. The highest BCUT2D eigenvalue weighted by Crippen LogP contribution is 2.31. The van der Waals surface area contributed by atoms with Crippen LogP contribution in [0.3, 0.4) is 0 Å². The van der Waals surface area contributed by atoms with Crippen LogP contribution in [0.1, 0.15) is 32.1 Å². The zero-order chi connectivity index (χ0) is 16.8. The van der Waals surface area contributed by atoms with Gasteiger partial charge in [0.15, 0.2) is 5.96 Å². The van der Waals surface area contributed by atoms with Crippen molar-refractivity contribution in [2.45, 2.75) is 37.6 Å². The Balaban J connectivity index is 1.68. The molecule has 3 heterocycles. The Kier molecular flexibility index (Phi) is 5.68. The van der Waals surface area contributed by atoms with E-state index in [9.17, 15) is 0 Å². The number of pyridine rings is 1. The van der Waals surface area contributed by atoms with Crippen LogP contribution in [0.15, 0.2) is 29.4 Å². The van der Waals surface area contributed by atoms with Gasteiger partial charge in [0.2, 0.25) is 0 Å². The van der Waals surface area contributed by atoms with Crippen LogP contribution in [-0.4, -0.2) is 66.1 Å². The highest BCUT2D eigenvalue weighted by Gasteiger charge is 2.39. The summed E-state index contributed by atoms with van der Waals surface area (Å²) in [6, 6.07) is 5.73. The molecule has 1 aromatic heterocycles. The van der Waals surface area contributed by atoms with Gasteiger partial charge in [-0.25, -0.2) is 4.98 Å². The molecule has 6 nitrogen and oxygen atoms in total. The average Bonchev–Trinajstić information content (AvgIpc) is 2.63. The summed E-state index contributed by atoms with van der Waals surface area (Å²) in [5.74, 6) is 1.21. The molecular weight excluding hydrogens is 300 g/mol. The molecule has 0 amide bonds. The number of likely N-dealkylation sites (tertiary alicyclic amines) is 2. The number of hydrogen-bond donors (Lipinski definition) is 2. The Labute approximate surface area is 145 Å². The number of nitrogens with zero attached hydrogens (tertiary/aromatic N) is 4. The molecule has 3 N–H and O–H groups in total. The highest BCUT2D eigenvalue weighted by atomic mass is 15.3. The molecule has 6 heteroatoms. The van der Waals surface area contributed by atoms with Gasteiger partial charge in [-0.05, 0) is 71.0 Å². The predicted molar refractivity (Wildman–Crippen MR) is 99.2 cm³/mol. The predicted octanol–water partition coefficient (Wildman–Crippen LogP) is 1.76. The summed E-state index contributed by atoms with van der Waals surface area (Å²) >= 11 is 0. The summed E-state index contributed by atoms with van der Waals surface area (Å²) < 4.78 is 0. The van der Waals surface area contributed by atoms with Gasteiger partial charge in [0.05, 0.1) is 6.54 Å². The van der Waals surface area contributed by atoms with Gasteiger partial charge in [-0.15, -0.1) is 0 Å². The summed E-state index contributed by atoms with van der Waals surface area (Å²) in [6.07, 6.45) is 8.07. The van der Waals surface area contributed by atoms with E-state index in [-0.39, 0.29) is 5.54 Å². The molecule has 2 fully saturated rings. The number of nitrogens with one attached hydrogen (secondary N) is 1. The largest absolute Gasteiger partial charge is 0.370 e. The molecule has 2 aliphatic heterocycles. The van der Waals surface area contributed by atoms with E-state index in [4.69, 9.17) is 10.7 Å². The molecule has 0 atom stereocenters. The van der Waals surface area contributed by atoms with Gasteiger partial charge < -0.3 is 16.0 Å². The minimum absolute atomic E-state index is 0.170. The first-order valence-electron chi connectivity index (χ1n) is 9.10. The maximum atomic E-state index is 6.11. The fourth-order valence-corrected chi connectivity index (χ4v) is 3.82. The first-order valence-corrected chi connectivity index (χ1v) is 9.10. The van der Waals surface area contributed by atoms with Crippen molar-refractivity contribution in [2.24, 2.45) is 10.7 Å². The minimum atomic E-state index is 0.170. The Morgan fingerprint density at radius 2 is 1.96 bits per heavy atom. The summed E-state index contributed by atoms with van der Waals surface area (Å²) in [6.45, 7) is 5.45. The van der Waals surface area contributed by atoms with E-state index in [1.54, 1.807) is 6.20 Å². The van der Waals surface area contributed by atoms with Gasteiger partial charge in [-0.2, -0.15) is 0 Å². The Hall–Kier alpha value is -1.66. The molecule has 2 saturated heterocycles. The third-order valence-electron chi connectivity index (χ3n) is 5.41. The Bertz CT molecular complexity index is 530. The standard InChI is InChI=1S/C18H30N6/c1-23-13-8-18(9-14-23,24-11-5-2-6-12-24)15-21-17(19)22-16-7-3-4-10-20-16/h3-4,7,10H,2,5-6,8-9,11-15H2,1H3,(H3,19,20,21,22). The van der Waals surface area contributed by atoms with Crippen molar-refractivity contribution in [2.75, 3.05) is 45.1 Å². The van der Waals surface area contributed by atoms with Crippen LogP contribution in [0.25, 0.3) is 0 Å². The molecular formula is C18H30N6. The Morgan fingerprint density at radius 1 is 1.21 bits per heavy atom. The van der Waals surface area contributed by atoms with E-state index in [1.165, 1.54) is 45.2 Å². The van der Waals surface area contributed by atoms with Gasteiger partial charge in [-0.1, -0.05) is 12.5 Å². The zero-order valence-electron chi connectivity index (χ0n) is 14.7. The van der Waals surface area contributed by atoms with Crippen LogP contribution in [0.2, 0.25) is 0 Å². The van der Waals surface area contributed by atoms with E-state index in [0.717, 1.165) is 25.5 Å². The lowest BCUT2D eigenvalue weighted by Crippen LogP contribution is -2.58. The SMILES string of the molecule is CN1CCC(CN=C(N)Nc2ccccn2)(N2CCCCC2)CC1. The van der Waals surface area contributed by atoms with Gasteiger partial charge >= 0.3 is 0 Å². The molecule has 3 rings (SSSR count). The molecule has 0 aromatic carbocycles. The molecule has 132 valence electrons. The lowest BCUT2D eigenvalue weighted by Gasteiger charge is -2.49. The number of hydrogen-bond acceptors (Lipinski definition) is 4. The number of guanidine groups is 1. The maximum absolute atomic E-state index is 6.11. The monoisotopic (exact) mass is 330 g/mol.